The maximum Gasteiger partial charge on any atom is 0.338 e. The molecule has 9 nitrogen and oxygen atoms in total. The molecule has 1 atom stereocenters. The number of likely N-dealkylation sites (tertiary alicyclic amines) is 1. The Morgan fingerprint density at radius 2 is 2.11 bits per heavy atom. The van der Waals surface area contributed by atoms with Crippen LogP contribution in [0.25, 0.3) is 0 Å². The van der Waals surface area contributed by atoms with Crippen molar-refractivity contribution in [3.63, 3.8) is 0 Å². The summed E-state index contributed by atoms with van der Waals surface area (Å²) in [7, 11) is 0. The molecule has 0 aliphatic carbocycles. The van der Waals surface area contributed by atoms with Crippen molar-refractivity contribution in [1.29, 1.82) is 0 Å². The van der Waals surface area contributed by atoms with Crippen LogP contribution >= 0.6 is 0 Å². The van der Waals surface area contributed by atoms with Crippen molar-refractivity contribution in [2.24, 2.45) is 11.7 Å². The molecule has 1 fully saturated rings. The Morgan fingerprint density at radius 1 is 1.37 bits per heavy atom. The molecule has 1 saturated heterocycles. The summed E-state index contributed by atoms with van der Waals surface area (Å²) in [4.78, 5) is 38.2. The number of primary amides is 1. The zero-order chi connectivity index (χ0) is 19.4. The number of carbonyl (C=O) groups is 3. The van der Waals surface area contributed by atoms with Gasteiger partial charge in [0.05, 0.1) is 18.4 Å². The maximum atomic E-state index is 12.6. The number of esters is 1. The Bertz CT molecular complexity index is 735. The Labute approximate surface area is 156 Å². The zero-order valence-corrected chi connectivity index (χ0v) is 15.2. The largest absolute Gasteiger partial charge is 0.467 e. The van der Waals surface area contributed by atoms with E-state index in [1.54, 1.807) is 19.1 Å². The lowest BCUT2D eigenvalue weighted by Gasteiger charge is -2.34. The first-order valence-electron chi connectivity index (χ1n) is 9.02. The van der Waals surface area contributed by atoms with Gasteiger partial charge < -0.3 is 25.5 Å². The standard InChI is InChI=1S/C18H24N4O5/c1-2-26-17(24)14-12(10-22-7-5-11(6-8-22)16(19)23)20-18(25)21-15(14)13-4-3-9-27-13/h3-4,9,11,15H,2,5-8,10H2,1H3,(H2,19,23)(H2,20,21,25)/t15-/m0/s1. The van der Waals surface area contributed by atoms with E-state index in [2.05, 4.69) is 15.5 Å². The smallest absolute Gasteiger partial charge is 0.338 e. The highest BCUT2D eigenvalue weighted by Gasteiger charge is 2.36. The third kappa shape index (κ3) is 4.30. The number of piperidine rings is 1. The molecule has 146 valence electrons. The topological polar surface area (TPSA) is 127 Å². The number of hydrogen-bond acceptors (Lipinski definition) is 6. The molecule has 1 aromatic heterocycles. The van der Waals surface area contributed by atoms with Gasteiger partial charge in [0.1, 0.15) is 11.8 Å². The summed E-state index contributed by atoms with van der Waals surface area (Å²) in [6.45, 7) is 3.62. The minimum atomic E-state index is -0.717. The van der Waals surface area contributed by atoms with Gasteiger partial charge in [-0.3, -0.25) is 9.69 Å². The van der Waals surface area contributed by atoms with E-state index in [-0.39, 0.29) is 18.4 Å². The molecule has 0 saturated carbocycles. The molecule has 0 unspecified atom stereocenters. The summed E-state index contributed by atoms with van der Waals surface area (Å²) in [5.74, 6) is -0.460. The molecule has 9 heteroatoms. The quantitative estimate of drug-likeness (QED) is 0.626. The van der Waals surface area contributed by atoms with E-state index in [0.29, 0.717) is 49.5 Å². The van der Waals surface area contributed by atoms with Gasteiger partial charge in [0, 0.05) is 18.2 Å². The first-order chi connectivity index (χ1) is 13.0. The fourth-order valence-electron chi connectivity index (χ4n) is 3.46. The van der Waals surface area contributed by atoms with Crippen molar-refractivity contribution in [2.75, 3.05) is 26.2 Å². The van der Waals surface area contributed by atoms with Crippen LogP contribution in [0.4, 0.5) is 4.79 Å². The Kier molecular flexibility index (Phi) is 5.80. The molecule has 0 spiro atoms. The highest BCUT2D eigenvalue weighted by molar-refractivity contribution is 5.95. The Hall–Kier alpha value is -2.81. The molecule has 3 rings (SSSR count). The molecule has 4 N–H and O–H groups in total. The number of amides is 3. The van der Waals surface area contributed by atoms with Crippen LogP contribution in [0.1, 0.15) is 31.6 Å². The number of furan rings is 1. The summed E-state index contributed by atoms with van der Waals surface area (Å²) < 4.78 is 10.6. The molecule has 0 radical (unpaired) electrons. The van der Waals surface area contributed by atoms with Crippen LogP contribution in [0.5, 0.6) is 0 Å². The third-order valence-corrected chi connectivity index (χ3v) is 4.85. The number of hydrogen-bond donors (Lipinski definition) is 3. The summed E-state index contributed by atoms with van der Waals surface area (Å²) in [5, 5.41) is 5.45. The van der Waals surface area contributed by atoms with Crippen LogP contribution in [0, 0.1) is 5.92 Å². The number of carbonyl (C=O) groups excluding carboxylic acids is 3. The van der Waals surface area contributed by atoms with Gasteiger partial charge in [0.25, 0.3) is 0 Å². The summed E-state index contributed by atoms with van der Waals surface area (Å²) in [5.41, 5.74) is 6.18. The Balaban J connectivity index is 1.85. The molecule has 2 aliphatic rings. The van der Waals surface area contributed by atoms with Gasteiger partial charge in [-0.15, -0.1) is 0 Å². The molecule has 3 amide bonds. The molecular weight excluding hydrogens is 352 g/mol. The second-order valence-electron chi connectivity index (χ2n) is 6.61. The van der Waals surface area contributed by atoms with Gasteiger partial charge in [-0.1, -0.05) is 0 Å². The number of nitrogens with zero attached hydrogens (tertiary/aromatic N) is 1. The van der Waals surface area contributed by atoms with E-state index < -0.39 is 18.0 Å². The van der Waals surface area contributed by atoms with Crippen molar-refractivity contribution in [3.8, 4) is 0 Å². The first-order valence-corrected chi connectivity index (χ1v) is 9.02. The highest BCUT2D eigenvalue weighted by Crippen LogP contribution is 2.29. The van der Waals surface area contributed by atoms with E-state index in [9.17, 15) is 14.4 Å². The number of ether oxygens (including phenoxy) is 1. The van der Waals surface area contributed by atoms with E-state index in [0.717, 1.165) is 0 Å². The van der Waals surface area contributed by atoms with Crippen LogP contribution in [-0.2, 0) is 14.3 Å². The highest BCUT2D eigenvalue weighted by atomic mass is 16.5. The lowest BCUT2D eigenvalue weighted by Crippen LogP contribution is -2.49. The predicted molar refractivity (Wildman–Crippen MR) is 95.1 cm³/mol. The van der Waals surface area contributed by atoms with E-state index >= 15 is 0 Å². The van der Waals surface area contributed by atoms with E-state index in [4.69, 9.17) is 14.9 Å². The van der Waals surface area contributed by atoms with Crippen molar-refractivity contribution in [3.05, 3.63) is 35.4 Å². The lowest BCUT2D eigenvalue weighted by molar-refractivity contribution is -0.139. The summed E-state index contributed by atoms with van der Waals surface area (Å²) in [6, 6.07) is 2.27. The molecular formula is C18H24N4O5. The van der Waals surface area contributed by atoms with Crippen molar-refractivity contribution in [1.82, 2.24) is 15.5 Å². The first kappa shape index (κ1) is 19.0. The summed E-state index contributed by atoms with van der Waals surface area (Å²) in [6.07, 6.45) is 2.80. The fraction of sp³-hybridized carbons (Fsp3) is 0.500. The van der Waals surface area contributed by atoms with Crippen LogP contribution < -0.4 is 16.4 Å². The van der Waals surface area contributed by atoms with Gasteiger partial charge in [0.15, 0.2) is 0 Å². The molecule has 1 aromatic rings. The minimum absolute atomic E-state index is 0.127. The molecule has 2 aliphatic heterocycles. The van der Waals surface area contributed by atoms with Crippen LogP contribution in [0.3, 0.4) is 0 Å². The van der Waals surface area contributed by atoms with Crippen LogP contribution in [0.15, 0.2) is 34.1 Å². The predicted octanol–water partition coefficient (Wildman–Crippen LogP) is 0.648. The van der Waals surface area contributed by atoms with Gasteiger partial charge >= 0.3 is 12.0 Å². The monoisotopic (exact) mass is 376 g/mol. The van der Waals surface area contributed by atoms with Crippen LogP contribution in [-0.4, -0.2) is 49.0 Å². The average molecular weight is 376 g/mol. The normalized spacial score (nSPS) is 21.5. The molecule has 0 bridgehead atoms. The number of nitrogens with two attached hydrogens (primary N) is 1. The van der Waals surface area contributed by atoms with Crippen LogP contribution in [0.2, 0.25) is 0 Å². The average Bonchev–Trinajstić information content (AvgIpc) is 3.16. The number of nitrogens with one attached hydrogen (secondary N) is 2. The van der Waals surface area contributed by atoms with Gasteiger partial charge in [0.2, 0.25) is 5.91 Å². The SMILES string of the molecule is CCOC(=O)C1=C(CN2CCC(C(N)=O)CC2)NC(=O)N[C@H]1c1ccco1. The number of urea groups is 1. The van der Waals surface area contributed by atoms with Gasteiger partial charge in [-0.2, -0.15) is 0 Å². The lowest BCUT2D eigenvalue weighted by atomic mass is 9.95. The maximum absolute atomic E-state index is 12.6. The minimum Gasteiger partial charge on any atom is -0.467 e. The molecule has 27 heavy (non-hydrogen) atoms. The van der Waals surface area contributed by atoms with Crippen molar-refractivity contribution in [2.45, 2.75) is 25.8 Å². The summed E-state index contributed by atoms with van der Waals surface area (Å²) >= 11 is 0. The molecule has 0 aromatic carbocycles. The second-order valence-corrected chi connectivity index (χ2v) is 6.61. The van der Waals surface area contributed by atoms with E-state index in [1.165, 1.54) is 6.26 Å². The number of rotatable bonds is 6. The fourth-order valence-corrected chi connectivity index (χ4v) is 3.46. The van der Waals surface area contributed by atoms with Gasteiger partial charge in [-0.05, 0) is 45.0 Å². The third-order valence-electron chi connectivity index (χ3n) is 4.85. The second kappa shape index (κ2) is 8.26. The van der Waals surface area contributed by atoms with E-state index in [1.807, 2.05) is 0 Å². The Morgan fingerprint density at radius 3 is 2.70 bits per heavy atom. The van der Waals surface area contributed by atoms with Gasteiger partial charge in [-0.25, -0.2) is 9.59 Å². The zero-order valence-electron chi connectivity index (χ0n) is 15.2. The van der Waals surface area contributed by atoms with Crippen molar-refractivity contribution >= 4 is 17.9 Å². The van der Waals surface area contributed by atoms with Crippen molar-refractivity contribution < 1.29 is 23.5 Å². The molecule has 3 heterocycles.